The first-order valence-electron chi connectivity index (χ1n) is 8.84. The van der Waals surface area contributed by atoms with Gasteiger partial charge in [-0.05, 0) is 58.2 Å². The van der Waals surface area contributed by atoms with E-state index in [9.17, 15) is 4.79 Å². The molecular formula is C19H31IN4O. The highest BCUT2D eigenvalue weighted by Crippen LogP contribution is 2.11. The fraction of sp³-hybridized carbons (Fsp3) is 0.579. The average molecular weight is 458 g/mol. The number of halogens is 1. The summed E-state index contributed by atoms with van der Waals surface area (Å²) in [6.45, 7) is 11.6. The smallest absolute Gasteiger partial charge is 0.251 e. The van der Waals surface area contributed by atoms with E-state index in [2.05, 4.69) is 22.5 Å². The molecule has 0 spiro atoms. The second kappa shape index (κ2) is 9.99. The minimum atomic E-state index is -0.237. The molecule has 2 rings (SSSR count). The molecule has 2 N–H and O–H groups in total. The molecule has 1 fully saturated rings. The standard InChI is InChI=1S/C19H30N4O.HI/c1-5-20-18(23-11-6-7-12-23)21-14-15-9-8-10-16(13-15)17(24)22-19(2,3)4;/h8-10,13H,5-7,11-12,14H2,1-4H3,(H,20,21)(H,22,24);1H. The molecule has 1 aromatic carbocycles. The summed E-state index contributed by atoms with van der Waals surface area (Å²) < 4.78 is 0. The number of likely N-dealkylation sites (tertiary alicyclic amines) is 1. The van der Waals surface area contributed by atoms with Gasteiger partial charge < -0.3 is 15.5 Å². The number of rotatable bonds is 4. The molecule has 1 amide bonds. The molecule has 140 valence electrons. The van der Waals surface area contributed by atoms with Crippen molar-refractivity contribution in [2.24, 2.45) is 4.99 Å². The van der Waals surface area contributed by atoms with Crippen molar-refractivity contribution in [3.63, 3.8) is 0 Å². The number of carbonyl (C=O) groups excluding carboxylic acids is 1. The van der Waals surface area contributed by atoms with Gasteiger partial charge in [-0.1, -0.05) is 12.1 Å². The molecule has 0 bridgehead atoms. The molecule has 1 saturated heterocycles. The Bertz CT molecular complexity index is 589. The Balaban J connectivity index is 0.00000312. The minimum Gasteiger partial charge on any atom is -0.357 e. The first-order valence-corrected chi connectivity index (χ1v) is 8.84. The van der Waals surface area contributed by atoms with E-state index in [4.69, 9.17) is 4.99 Å². The second-order valence-corrected chi connectivity index (χ2v) is 7.27. The zero-order valence-electron chi connectivity index (χ0n) is 15.8. The van der Waals surface area contributed by atoms with Gasteiger partial charge in [0, 0.05) is 30.7 Å². The van der Waals surface area contributed by atoms with Gasteiger partial charge in [-0.15, -0.1) is 24.0 Å². The van der Waals surface area contributed by atoms with Crippen LogP contribution in [0.4, 0.5) is 0 Å². The van der Waals surface area contributed by atoms with Crippen molar-refractivity contribution in [1.29, 1.82) is 0 Å². The van der Waals surface area contributed by atoms with Crippen LogP contribution in [0, 0.1) is 0 Å². The van der Waals surface area contributed by atoms with Crippen LogP contribution in [-0.2, 0) is 6.54 Å². The highest BCUT2D eigenvalue weighted by Gasteiger charge is 2.16. The van der Waals surface area contributed by atoms with E-state index < -0.39 is 0 Å². The second-order valence-electron chi connectivity index (χ2n) is 7.27. The SMILES string of the molecule is CCNC(=NCc1cccc(C(=O)NC(C)(C)C)c1)N1CCCC1.I. The summed E-state index contributed by atoms with van der Waals surface area (Å²) in [4.78, 5) is 19.3. The lowest BCUT2D eigenvalue weighted by Crippen LogP contribution is -2.40. The van der Waals surface area contributed by atoms with Gasteiger partial charge in [-0.3, -0.25) is 4.79 Å². The van der Waals surface area contributed by atoms with E-state index in [-0.39, 0.29) is 35.4 Å². The van der Waals surface area contributed by atoms with Crippen LogP contribution in [0.2, 0.25) is 0 Å². The maximum atomic E-state index is 12.3. The first kappa shape index (κ1) is 21.7. The molecule has 1 aliphatic rings. The molecule has 0 unspecified atom stereocenters. The number of amides is 1. The zero-order valence-corrected chi connectivity index (χ0v) is 18.1. The molecular weight excluding hydrogens is 427 g/mol. The largest absolute Gasteiger partial charge is 0.357 e. The molecule has 6 heteroatoms. The predicted molar refractivity (Wildman–Crippen MR) is 115 cm³/mol. The average Bonchev–Trinajstić information content (AvgIpc) is 3.04. The van der Waals surface area contributed by atoms with Crippen LogP contribution in [0.25, 0.3) is 0 Å². The quantitative estimate of drug-likeness (QED) is 0.413. The first-order chi connectivity index (χ1) is 11.4. The molecule has 5 nitrogen and oxygen atoms in total. The Morgan fingerprint density at radius 2 is 1.92 bits per heavy atom. The maximum absolute atomic E-state index is 12.3. The van der Waals surface area contributed by atoms with Gasteiger partial charge in [0.15, 0.2) is 5.96 Å². The molecule has 0 radical (unpaired) electrons. The number of hydrogen-bond donors (Lipinski definition) is 2. The van der Waals surface area contributed by atoms with Crippen molar-refractivity contribution in [3.8, 4) is 0 Å². The molecule has 0 saturated carbocycles. The predicted octanol–water partition coefficient (Wildman–Crippen LogP) is 3.39. The molecule has 1 aromatic rings. The van der Waals surface area contributed by atoms with Gasteiger partial charge >= 0.3 is 0 Å². The van der Waals surface area contributed by atoms with Crippen molar-refractivity contribution in [2.75, 3.05) is 19.6 Å². The number of nitrogens with one attached hydrogen (secondary N) is 2. The fourth-order valence-corrected chi connectivity index (χ4v) is 2.74. The van der Waals surface area contributed by atoms with Crippen LogP contribution >= 0.6 is 24.0 Å². The molecule has 0 aliphatic carbocycles. The summed E-state index contributed by atoms with van der Waals surface area (Å²) in [5.74, 6) is 0.930. The van der Waals surface area contributed by atoms with Crippen molar-refractivity contribution in [1.82, 2.24) is 15.5 Å². The summed E-state index contributed by atoms with van der Waals surface area (Å²) in [7, 11) is 0. The third-order valence-corrected chi connectivity index (χ3v) is 3.83. The van der Waals surface area contributed by atoms with Crippen LogP contribution in [0.3, 0.4) is 0 Å². The van der Waals surface area contributed by atoms with E-state index >= 15 is 0 Å². The highest BCUT2D eigenvalue weighted by molar-refractivity contribution is 14.0. The fourth-order valence-electron chi connectivity index (χ4n) is 2.74. The number of carbonyl (C=O) groups is 1. The maximum Gasteiger partial charge on any atom is 0.251 e. The molecule has 1 aliphatic heterocycles. The summed E-state index contributed by atoms with van der Waals surface area (Å²) >= 11 is 0. The lowest BCUT2D eigenvalue weighted by atomic mass is 10.1. The van der Waals surface area contributed by atoms with Crippen molar-refractivity contribution >= 4 is 35.8 Å². The van der Waals surface area contributed by atoms with Crippen LogP contribution < -0.4 is 10.6 Å². The lowest BCUT2D eigenvalue weighted by molar-refractivity contribution is 0.0919. The summed E-state index contributed by atoms with van der Waals surface area (Å²) in [6, 6.07) is 7.72. The number of benzene rings is 1. The Hall–Kier alpha value is -1.31. The van der Waals surface area contributed by atoms with E-state index in [0.29, 0.717) is 12.1 Å². The molecule has 0 atom stereocenters. The Kier molecular flexibility index (Phi) is 8.68. The number of guanidine groups is 1. The van der Waals surface area contributed by atoms with Crippen molar-refractivity contribution < 1.29 is 4.79 Å². The van der Waals surface area contributed by atoms with Gasteiger partial charge in [0.2, 0.25) is 0 Å². The van der Waals surface area contributed by atoms with Gasteiger partial charge in [0.25, 0.3) is 5.91 Å². The third kappa shape index (κ3) is 7.22. The Labute approximate surface area is 168 Å². The Morgan fingerprint density at radius 1 is 1.24 bits per heavy atom. The van der Waals surface area contributed by atoms with Gasteiger partial charge in [0.05, 0.1) is 6.54 Å². The van der Waals surface area contributed by atoms with E-state index in [0.717, 1.165) is 31.2 Å². The monoisotopic (exact) mass is 458 g/mol. The summed E-state index contributed by atoms with van der Waals surface area (Å²) in [6.07, 6.45) is 2.46. The highest BCUT2D eigenvalue weighted by atomic mass is 127. The van der Waals surface area contributed by atoms with E-state index in [1.165, 1.54) is 12.8 Å². The van der Waals surface area contributed by atoms with Crippen LogP contribution in [0.1, 0.15) is 56.5 Å². The van der Waals surface area contributed by atoms with Gasteiger partial charge in [-0.2, -0.15) is 0 Å². The third-order valence-electron chi connectivity index (χ3n) is 3.83. The Morgan fingerprint density at radius 3 is 2.52 bits per heavy atom. The zero-order chi connectivity index (χ0) is 17.6. The van der Waals surface area contributed by atoms with Crippen LogP contribution in [0.5, 0.6) is 0 Å². The molecule has 0 aromatic heterocycles. The van der Waals surface area contributed by atoms with E-state index in [1.54, 1.807) is 0 Å². The lowest BCUT2D eigenvalue weighted by Gasteiger charge is -2.21. The topological polar surface area (TPSA) is 56.7 Å². The molecule has 25 heavy (non-hydrogen) atoms. The van der Waals surface area contributed by atoms with Crippen molar-refractivity contribution in [2.45, 2.75) is 52.6 Å². The number of hydrogen-bond acceptors (Lipinski definition) is 2. The van der Waals surface area contributed by atoms with E-state index in [1.807, 2.05) is 45.0 Å². The molecule has 1 heterocycles. The minimum absolute atomic E-state index is 0. The van der Waals surface area contributed by atoms with Gasteiger partial charge in [-0.25, -0.2) is 4.99 Å². The number of nitrogens with zero attached hydrogens (tertiary/aromatic N) is 2. The van der Waals surface area contributed by atoms with Crippen LogP contribution in [-0.4, -0.2) is 41.9 Å². The van der Waals surface area contributed by atoms with Gasteiger partial charge in [0.1, 0.15) is 0 Å². The van der Waals surface area contributed by atoms with Crippen molar-refractivity contribution in [3.05, 3.63) is 35.4 Å². The normalized spacial score (nSPS) is 14.9. The number of aliphatic imine (C=N–C) groups is 1. The summed E-state index contributed by atoms with van der Waals surface area (Å²) in [5, 5.41) is 6.36. The summed E-state index contributed by atoms with van der Waals surface area (Å²) in [5.41, 5.74) is 1.49. The van der Waals surface area contributed by atoms with Crippen LogP contribution in [0.15, 0.2) is 29.3 Å².